The van der Waals surface area contributed by atoms with Crippen LogP contribution in [-0.4, -0.2) is 23.2 Å². The van der Waals surface area contributed by atoms with Crippen molar-refractivity contribution in [1.29, 1.82) is 0 Å². The van der Waals surface area contributed by atoms with E-state index in [1.165, 1.54) is 12.1 Å². The molecule has 0 radical (unpaired) electrons. The van der Waals surface area contributed by atoms with E-state index in [0.717, 1.165) is 16.7 Å². The highest BCUT2D eigenvalue weighted by molar-refractivity contribution is 6.71. The molecule has 0 heterocycles. The van der Waals surface area contributed by atoms with Crippen LogP contribution in [0.5, 0.6) is 0 Å². The maximum Gasteiger partial charge on any atom is 0.528 e. The van der Waals surface area contributed by atoms with Crippen LogP contribution in [0.25, 0.3) is 17.2 Å². The van der Waals surface area contributed by atoms with E-state index in [1.807, 2.05) is 24.3 Å². The molecular formula is C14H14O3Si. The fourth-order valence-electron chi connectivity index (χ4n) is 1.70. The van der Waals surface area contributed by atoms with Crippen LogP contribution in [0.15, 0.2) is 55.1 Å². The SMILES string of the molecule is C=Cc1ccc(-c2ccc([Si](O)(O)O)cc2)cc1. The molecule has 0 atom stereocenters. The maximum absolute atomic E-state index is 9.16. The van der Waals surface area contributed by atoms with Crippen molar-refractivity contribution in [2.75, 3.05) is 0 Å². The zero-order chi connectivity index (χ0) is 13.2. The molecule has 0 aliphatic rings. The van der Waals surface area contributed by atoms with Gasteiger partial charge < -0.3 is 14.4 Å². The number of hydrogen-bond acceptors (Lipinski definition) is 3. The Hall–Kier alpha value is -1.72. The lowest BCUT2D eigenvalue weighted by molar-refractivity contribution is 0.250. The highest BCUT2D eigenvalue weighted by Gasteiger charge is 2.29. The average Bonchev–Trinajstić information content (AvgIpc) is 2.38. The smallest absolute Gasteiger partial charge is 0.386 e. The first-order valence-corrected chi connectivity index (χ1v) is 7.35. The van der Waals surface area contributed by atoms with Crippen molar-refractivity contribution in [1.82, 2.24) is 0 Å². The predicted octanol–water partition coefficient (Wildman–Crippen LogP) is 1.12. The Morgan fingerprint density at radius 1 is 0.778 bits per heavy atom. The lowest BCUT2D eigenvalue weighted by atomic mass is 10.0. The second-order valence-electron chi connectivity index (χ2n) is 4.04. The molecule has 0 aliphatic carbocycles. The van der Waals surface area contributed by atoms with E-state index in [9.17, 15) is 0 Å². The van der Waals surface area contributed by atoms with E-state index in [4.69, 9.17) is 14.4 Å². The van der Waals surface area contributed by atoms with Crippen molar-refractivity contribution in [3.05, 3.63) is 60.7 Å². The summed E-state index contributed by atoms with van der Waals surface area (Å²) < 4.78 is 0. The van der Waals surface area contributed by atoms with Crippen molar-refractivity contribution in [2.24, 2.45) is 0 Å². The van der Waals surface area contributed by atoms with E-state index < -0.39 is 8.80 Å². The molecule has 4 heteroatoms. The van der Waals surface area contributed by atoms with E-state index in [0.29, 0.717) is 0 Å². The van der Waals surface area contributed by atoms with Gasteiger partial charge in [-0.05, 0) is 16.7 Å². The minimum absolute atomic E-state index is 0.175. The van der Waals surface area contributed by atoms with Gasteiger partial charge in [-0.1, -0.05) is 61.2 Å². The largest absolute Gasteiger partial charge is 0.528 e. The van der Waals surface area contributed by atoms with Crippen molar-refractivity contribution in [3.63, 3.8) is 0 Å². The van der Waals surface area contributed by atoms with Crippen molar-refractivity contribution in [2.45, 2.75) is 0 Å². The molecule has 2 aromatic carbocycles. The summed E-state index contributed by atoms with van der Waals surface area (Å²) in [5.41, 5.74) is 3.02. The molecule has 0 unspecified atom stereocenters. The monoisotopic (exact) mass is 258 g/mol. The van der Waals surface area contributed by atoms with Crippen LogP contribution in [0.4, 0.5) is 0 Å². The Morgan fingerprint density at radius 2 is 1.22 bits per heavy atom. The first-order valence-electron chi connectivity index (χ1n) is 5.51. The zero-order valence-corrected chi connectivity index (χ0v) is 10.7. The molecule has 3 nitrogen and oxygen atoms in total. The van der Waals surface area contributed by atoms with Gasteiger partial charge in [0, 0.05) is 5.19 Å². The van der Waals surface area contributed by atoms with Crippen molar-refractivity contribution < 1.29 is 14.4 Å². The fraction of sp³-hybridized carbons (Fsp3) is 0. The highest BCUT2D eigenvalue weighted by atomic mass is 28.4. The van der Waals surface area contributed by atoms with Crippen molar-refractivity contribution >= 4 is 20.1 Å². The third kappa shape index (κ3) is 2.75. The van der Waals surface area contributed by atoms with Crippen LogP contribution in [0.1, 0.15) is 5.56 Å². The molecule has 0 bridgehead atoms. The summed E-state index contributed by atoms with van der Waals surface area (Å²) in [7, 11) is -4.19. The van der Waals surface area contributed by atoms with E-state index >= 15 is 0 Å². The van der Waals surface area contributed by atoms with Gasteiger partial charge in [0.1, 0.15) is 0 Å². The molecule has 2 rings (SSSR count). The average molecular weight is 258 g/mol. The molecule has 0 aliphatic heterocycles. The van der Waals surface area contributed by atoms with E-state index in [1.54, 1.807) is 18.2 Å². The topological polar surface area (TPSA) is 60.7 Å². The summed E-state index contributed by atoms with van der Waals surface area (Å²) in [5, 5.41) is 0.175. The maximum atomic E-state index is 9.16. The Bertz CT molecular complexity index is 539. The van der Waals surface area contributed by atoms with Gasteiger partial charge in [-0.3, -0.25) is 0 Å². The van der Waals surface area contributed by atoms with Crippen LogP contribution in [0, 0.1) is 0 Å². The van der Waals surface area contributed by atoms with Crippen LogP contribution >= 0.6 is 0 Å². The normalized spacial score (nSPS) is 11.3. The summed E-state index contributed by atoms with van der Waals surface area (Å²) >= 11 is 0. The first-order chi connectivity index (χ1) is 8.50. The Balaban J connectivity index is 2.31. The summed E-state index contributed by atoms with van der Waals surface area (Å²) in [6.45, 7) is 3.69. The summed E-state index contributed by atoms with van der Waals surface area (Å²) in [5.74, 6) is 0. The Labute approximate surface area is 107 Å². The van der Waals surface area contributed by atoms with Crippen molar-refractivity contribution in [3.8, 4) is 11.1 Å². The summed E-state index contributed by atoms with van der Waals surface area (Å²) in [6, 6.07) is 14.4. The molecule has 0 fully saturated rings. The predicted molar refractivity (Wildman–Crippen MR) is 74.0 cm³/mol. The molecular weight excluding hydrogens is 244 g/mol. The van der Waals surface area contributed by atoms with E-state index in [2.05, 4.69) is 6.58 Å². The van der Waals surface area contributed by atoms with Crippen LogP contribution in [-0.2, 0) is 0 Å². The molecule has 0 aromatic heterocycles. The second kappa shape index (κ2) is 4.87. The third-order valence-corrected chi connectivity index (χ3v) is 3.86. The minimum Gasteiger partial charge on any atom is -0.386 e. The lowest BCUT2D eigenvalue weighted by Crippen LogP contribution is -2.48. The van der Waals surface area contributed by atoms with Gasteiger partial charge in [-0.2, -0.15) is 0 Å². The van der Waals surface area contributed by atoms with Gasteiger partial charge in [0.25, 0.3) is 0 Å². The van der Waals surface area contributed by atoms with Gasteiger partial charge in [-0.15, -0.1) is 0 Å². The fourth-order valence-corrected chi connectivity index (χ4v) is 2.31. The van der Waals surface area contributed by atoms with Crippen LogP contribution in [0.3, 0.4) is 0 Å². The van der Waals surface area contributed by atoms with Gasteiger partial charge >= 0.3 is 8.80 Å². The summed E-state index contributed by atoms with van der Waals surface area (Å²) in [6.07, 6.45) is 1.77. The van der Waals surface area contributed by atoms with Crippen LogP contribution < -0.4 is 5.19 Å². The Morgan fingerprint density at radius 3 is 1.61 bits per heavy atom. The molecule has 3 N–H and O–H groups in total. The highest BCUT2D eigenvalue weighted by Crippen LogP contribution is 2.19. The molecule has 92 valence electrons. The van der Waals surface area contributed by atoms with Gasteiger partial charge in [0.2, 0.25) is 0 Å². The first kappa shape index (κ1) is 12.7. The standard InChI is InChI=1S/C14H14O3Si/c1-2-11-3-5-12(6-4-11)13-7-9-14(10-8-13)18(15,16)17/h2-10,15-17H,1H2. The van der Waals surface area contributed by atoms with Gasteiger partial charge in [0.15, 0.2) is 0 Å². The number of hydrogen-bond donors (Lipinski definition) is 3. The zero-order valence-electron chi connectivity index (χ0n) is 9.74. The second-order valence-corrected chi connectivity index (χ2v) is 5.89. The van der Waals surface area contributed by atoms with Crippen LogP contribution in [0.2, 0.25) is 0 Å². The summed E-state index contributed by atoms with van der Waals surface area (Å²) in [4.78, 5) is 27.5. The van der Waals surface area contributed by atoms with E-state index in [-0.39, 0.29) is 5.19 Å². The lowest BCUT2D eigenvalue weighted by Gasteiger charge is -2.10. The molecule has 0 saturated carbocycles. The number of benzene rings is 2. The molecule has 0 spiro atoms. The minimum atomic E-state index is -4.19. The van der Waals surface area contributed by atoms with Gasteiger partial charge in [0.05, 0.1) is 0 Å². The third-order valence-electron chi connectivity index (χ3n) is 2.75. The Kier molecular flexibility index (Phi) is 3.45. The van der Waals surface area contributed by atoms with Gasteiger partial charge in [-0.25, -0.2) is 0 Å². The molecule has 2 aromatic rings. The molecule has 0 saturated heterocycles. The number of rotatable bonds is 3. The quantitative estimate of drug-likeness (QED) is 0.723. The molecule has 0 amide bonds. The molecule has 18 heavy (non-hydrogen) atoms.